The summed E-state index contributed by atoms with van der Waals surface area (Å²) in [6.07, 6.45) is 0. The van der Waals surface area contributed by atoms with Crippen LogP contribution in [0, 0.1) is 0 Å². The largest absolute Gasteiger partial charge is 0.496 e. The topological polar surface area (TPSA) is 9.23 Å². The van der Waals surface area contributed by atoms with Crippen molar-refractivity contribution in [2.45, 2.75) is 6.67 Å². The van der Waals surface area contributed by atoms with Crippen LogP contribution < -0.4 is 4.74 Å². The molecular formula is C8H9FO. The highest BCUT2D eigenvalue weighted by molar-refractivity contribution is 5.32. The van der Waals surface area contributed by atoms with E-state index in [0.717, 1.165) is 0 Å². The molecule has 1 aromatic carbocycles. The Hall–Kier alpha value is -1.05. The van der Waals surface area contributed by atoms with Crippen molar-refractivity contribution in [1.29, 1.82) is 0 Å². The first-order valence-corrected chi connectivity index (χ1v) is 3.06. The minimum Gasteiger partial charge on any atom is -0.496 e. The van der Waals surface area contributed by atoms with E-state index in [1.165, 1.54) is 7.11 Å². The second kappa shape index (κ2) is 3.20. The molecule has 0 bridgehead atoms. The lowest BCUT2D eigenvalue weighted by molar-refractivity contribution is 0.394. The molecule has 0 aliphatic carbocycles. The summed E-state index contributed by atoms with van der Waals surface area (Å²) in [5.74, 6) is 0.616. The van der Waals surface area contributed by atoms with E-state index in [-0.39, 0.29) is 0 Å². The highest BCUT2D eigenvalue weighted by Crippen LogP contribution is 2.17. The molecule has 0 radical (unpaired) electrons. The quantitative estimate of drug-likeness (QED) is 0.611. The molecule has 0 heterocycles. The zero-order valence-corrected chi connectivity index (χ0v) is 5.80. The number of ether oxygens (including phenoxy) is 1. The van der Waals surface area contributed by atoms with Crippen molar-refractivity contribution in [2.75, 3.05) is 7.11 Å². The fraction of sp³-hybridized carbons (Fsp3) is 0.250. The van der Waals surface area contributed by atoms with Gasteiger partial charge < -0.3 is 4.74 Å². The van der Waals surface area contributed by atoms with Crippen molar-refractivity contribution < 1.29 is 9.13 Å². The molecule has 0 saturated heterocycles. The Morgan fingerprint density at radius 3 is 2.60 bits per heavy atom. The van der Waals surface area contributed by atoms with Gasteiger partial charge in [0.2, 0.25) is 0 Å². The van der Waals surface area contributed by atoms with Crippen molar-refractivity contribution in [3.8, 4) is 5.75 Å². The zero-order chi connectivity index (χ0) is 7.40. The number of methoxy groups -OCH3 is 1. The zero-order valence-electron chi connectivity index (χ0n) is 5.80. The monoisotopic (exact) mass is 140 g/mol. The summed E-state index contributed by atoms with van der Waals surface area (Å²) >= 11 is 0. The molecular weight excluding hydrogens is 131 g/mol. The Bertz CT molecular complexity index is 187. The molecule has 0 spiro atoms. The molecule has 10 heavy (non-hydrogen) atoms. The van der Waals surface area contributed by atoms with E-state index >= 15 is 0 Å². The van der Waals surface area contributed by atoms with Gasteiger partial charge in [0.05, 0.1) is 7.11 Å². The molecule has 0 unspecified atom stereocenters. The third kappa shape index (κ3) is 1.26. The van der Waals surface area contributed by atoms with Gasteiger partial charge in [-0.25, -0.2) is 4.39 Å². The number of halogens is 1. The molecule has 0 fully saturated rings. The van der Waals surface area contributed by atoms with Crippen LogP contribution in [0.2, 0.25) is 0 Å². The van der Waals surface area contributed by atoms with Crippen LogP contribution in [0.25, 0.3) is 0 Å². The fourth-order valence-corrected chi connectivity index (χ4v) is 0.813. The van der Waals surface area contributed by atoms with Gasteiger partial charge in [0, 0.05) is 5.56 Å². The van der Waals surface area contributed by atoms with E-state index in [9.17, 15) is 4.39 Å². The van der Waals surface area contributed by atoms with Gasteiger partial charge >= 0.3 is 0 Å². The number of hydrogen-bond donors (Lipinski definition) is 0. The van der Waals surface area contributed by atoms with Crippen LogP contribution in [0.5, 0.6) is 5.75 Å². The SMILES string of the molecule is COc1ccccc1CF. The van der Waals surface area contributed by atoms with Crippen LogP contribution in [-0.2, 0) is 6.67 Å². The minimum absolute atomic E-state index is 0.468. The second-order valence-corrected chi connectivity index (χ2v) is 1.95. The number of rotatable bonds is 2. The van der Waals surface area contributed by atoms with E-state index < -0.39 is 6.67 Å². The Labute approximate surface area is 59.4 Å². The lowest BCUT2D eigenvalue weighted by Crippen LogP contribution is -1.87. The maximum absolute atomic E-state index is 12.1. The molecule has 2 heteroatoms. The minimum atomic E-state index is -0.468. The maximum Gasteiger partial charge on any atom is 0.124 e. The molecule has 0 atom stereocenters. The summed E-state index contributed by atoms with van der Waals surface area (Å²) in [4.78, 5) is 0. The van der Waals surface area contributed by atoms with Crippen molar-refractivity contribution >= 4 is 0 Å². The number of benzene rings is 1. The summed E-state index contributed by atoms with van der Waals surface area (Å²) < 4.78 is 17.0. The Morgan fingerprint density at radius 2 is 2.10 bits per heavy atom. The van der Waals surface area contributed by atoms with Crippen LogP contribution in [0.4, 0.5) is 4.39 Å². The van der Waals surface area contributed by atoms with Gasteiger partial charge in [0.1, 0.15) is 12.4 Å². The van der Waals surface area contributed by atoms with Gasteiger partial charge in [-0.3, -0.25) is 0 Å². The van der Waals surface area contributed by atoms with Crippen LogP contribution in [0.3, 0.4) is 0 Å². The molecule has 0 aromatic heterocycles. The molecule has 1 nitrogen and oxygen atoms in total. The van der Waals surface area contributed by atoms with Gasteiger partial charge in [0.15, 0.2) is 0 Å². The van der Waals surface area contributed by atoms with Gasteiger partial charge in [-0.2, -0.15) is 0 Å². The fourth-order valence-electron chi connectivity index (χ4n) is 0.813. The molecule has 1 rings (SSSR count). The third-order valence-electron chi connectivity index (χ3n) is 1.34. The Morgan fingerprint density at radius 1 is 1.40 bits per heavy atom. The molecule has 0 aliphatic rings. The highest BCUT2D eigenvalue weighted by Gasteiger charge is 1.97. The first kappa shape index (κ1) is 7.06. The maximum atomic E-state index is 12.1. The summed E-state index contributed by atoms with van der Waals surface area (Å²) in [5, 5.41) is 0. The van der Waals surface area contributed by atoms with E-state index in [4.69, 9.17) is 4.74 Å². The smallest absolute Gasteiger partial charge is 0.124 e. The number of para-hydroxylation sites is 1. The van der Waals surface area contributed by atoms with Crippen molar-refractivity contribution in [3.63, 3.8) is 0 Å². The molecule has 1 aromatic rings. The van der Waals surface area contributed by atoms with Gasteiger partial charge in [-0.05, 0) is 6.07 Å². The second-order valence-electron chi connectivity index (χ2n) is 1.95. The Kier molecular flexibility index (Phi) is 2.26. The molecule has 0 amide bonds. The standard InChI is InChI=1S/C8H9FO/c1-10-8-5-3-2-4-7(8)6-9/h2-5H,6H2,1H3. The van der Waals surface area contributed by atoms with Crippen molar-refractivity contribution in [2.24, 2.45) is 0 Å². The summed E-state index contributed by atoms with van der Waals surface area (Å²) in [7, 11) is 1.54. The highest BCUT2D eigenvalue weighted by atomic mass is 19.1. The lowest BCUT2D eigenvalue weighted by Gasteiger charge is -2.02. The first-order chi connectivity index (χ1) is 4.88. The van der Waals surface area contributed by atoms with Gasteiger partial charge in [-0.1, -0.05) is 18.2 Å². The summed E-state index contributed by atoms with van der Waals surface area (Å²) in [6, 6.07) is 7.06. The van der Waals surface area contributed by atoms with Crippen LogP contribution in [0.15, 0.2) is 24.3 Å². The number of hydrogen-bond acceptors (Lipinski definition) is 1. The molecule has 0 aliphatic heterocycles. The predicted molar refractivity (Wildman–Crippen MR) is 37.8 cm³/mol. The molecule has 54 valence electrons. The number of alkyl halides is 1. The molecule has 0 saturated carbocycles. The summed E-state index contributed by atoms with van der Waals surface area (Å²) in [5.41, 5.74) is 0.602. The van der Waals surface area contributed by atoms with Gasteiger partial charge in [-0.15, -0.1) is 0 Å². The van der Waals surface area contributed by atoms with Crippen LogP contribution in [0.1, 0.15) is 5.56 Å². The average Bonchev–Trinajstić information content (AvgIpc) is 2.04. The van der Waals surface area contributed by atoms with Crippen LogP contribution >= 0.6 is 0 Å². The lowest BCUT2D eigenvalue weighted by atomic mass is 10.2. The third-order valence-corrected chi connectivity index (χ3v) is 1.34. The van der Waals surface area contributed by atoms with Crippen molar-refractivity contribution in [3.05, 3.63) is 29.8 Å². The van der Waals surface area contributed by atoms with E-state index in [0.29, 0.717) is 11.3 Å². The Balaban J connectivity index is 2.96. The van der Waals surface area contributed by atoms with E-state index in [1.807, 2.05) is 6.07 Å². The average molecular weight is 140 g/mol. The predicted octanol–water partition coefficient (Wildman–Crippen LogP) is 2.16. The van der Waals surface area contributed by atoms with Gasteiger partial charge in [0.25, 0.3) is 0 Å². The van der Waals surface area contributed by atoms with Crippen LogP contribution in [-0.4, -0.2) is 7.11 Å². The van der Waals surface area contributed by atoms with E-state index in [1.54, 1.807) is 18.2 Å². The van der Waals surface area contributed by atoms with E-state index in [2.05, 4.69) is 0 Å². The molecule has 0 N–H and O–H groups in total. The first-order valence-electron chi connectivity index (χ1n) is 3.06. The summed E-state index contributed by atoms with van der Waals surface area (Å²) in [6.45, 7) is -0.468. The normalized spacial score (nSPS) is 9.40. The van der Waals surface area contributed by atoms with Crippen molar-refractivity contribution in [1.82, 2.24) is 0 Å².